The zero-order valence-electron chi connectivity index (χ0n) is 12.8. The molecule has 114 valence electrons. The van der Waals surface area contributed by atoms with E-state index in [0.717, 1.165) is 38.2 Å². The van der Waals surface area contributed by atoms with Crippen LogP contribution in [0.25, 0.3) is 0 Å². The van der Waals surface area contributed by atoms with Gasteiger partial charge in [-0.3, -0.25) is 4.79 Å². The van der Waals surface area contributed by atoms with Crippen LogP contribution in [-0.2, 0) is 0 Å². The van der Waals surface area contributed by atoms with E-state index in [1.807, 2.05) is 23.1 Å². The van der Waals surface area contributed by atoms with Gasteiger partial charge in [0, 0.05) is 25.7 Å². The average Bonchev–Trinajstić information content (AvgIpc) is 2.93. The number of carbonyl (C=O) groups excluding carboxylic acids is 1. The lowest BCUT2D eigenvalue weighted by atomic mass is 10.1. The second-order valence-corrected chi connectivity index (χ2v) is 6.01. The van der Waals surface area contributed by atoms with Gasteiger partial charge in [0.2, 0.25) is 0 Å². The zero-order chi connectivity index (χ0) is 14.8. The standard InChI is InChI=1S/C16H23N3O2/c1-18(2)11-12-5-4-9-19(12)16(20)13-6-3-7-14-15(13)21-10-8-17-14/h3,6-7,12,17H,4-5,8-11H2,1-2H3. The molecule has 1 N–H and O–H groups in total. The van der Waals surface area contributed by atoms with Gasteiger partial charge in [-0.25, -0.2) is 0 Å². The molecule has 3 rings (SSSR count). The number of anilines is 1. The second-order valence-electron chi connectivity index (χ2n) is 6.01. The van der Waals surface area contributed by atoms with E-state index in [2.05, 4.69) is 24.3 Å². The van der Waals surface area contributed by atoms with Gasteiger partial charge in [-0.2, -0.15) is 0 Å². The van der Waals surface area contributed by atoms with Gasteiger partial charge in [-0.1, -0.05) is 6.07 Å². The molecule has 1 aromatic carbocycles. The highest BCUT2D eigenvalue weighted by Gasteiger charge is 2.32. The summed E-state index contributed by atoms with van der Waals surface area (Å²) in [4.78, 5) is 17.1. The number of hydrogen-bond acceptors (Lipinski definition) is 4. The molecule has 2 aliphatic rings. The number of nitrogens with one attached hydrogen (secondary N) is 1. The maximum Gasteiger partial charge on any atom is 0.257 e. The van der Waals surface area contributed by atoms with Crippen LogP contribution in [0.4, 0.5) is 5.69 Å². The summed E-state index contributed by atoms with van der Waals surface area (Å²) in [5.41, 5.74) is 1.61. The molecule has 0 spiro atoms. The summed E-state index contributed by atoms with van der Waals surface area (Å²) < 4.78 is 5.73. The van der Waals surface area contributed by atoms with Crippen LogP contribution in [-0.4, -0.2) is 62.1 Å². The van der Waals surface area contributed by atoms with Crippen molar-refractivity contribution in [2.75, 3.05) is 45.7 Å². The van der Waals surface area contributed by atoms with Gasteiger partial charge in [0.15, 0.2) is 5.75 Å². The highest BCUT2D eigenvalue weighted by molar-refractivity contribution is 5.99. The quantitative estimate of drug-likeness (QED) is 0.919. The summed E-state index contributed by atoms with van der Waals surface area (Å²) in [5, 5.41) is 3.29. The molecule has 1 atom stereocenters. The van der Waals surface area contributed by atoms with Crippen LogP contribution in [0.1, 0.15) is 23.2 Å². The lowest BCUT2D eigenvalue weighted by Gasteiger charge is -2.29. The first-order valence-electron chi connectivity index (χ1n) is 7.62. The first-order valence-corrected chi connectivity index (χ1v) is 7.62. The highest BCUT2D eigenvalue weighted by atomic mass is 16.5. The van der Waals surface area contributed by atoms with Crippen LogP contribution in [0.2, 0.25) is 0 Å². The van der Waals surface area contributed by atoms with Crippen LogP contribution >= 0.6 is 0 Å². The fraction of sp³-hybridized carbons (Fsp3) is 0.562. The van der Waals surface area contributed by atoms with Crippen molar-refractivity contribution in [2.45, 2.75) is 18.9 Å². The Morgan fingerprint density at radius 3 is 3.14 bits per heavy atom. The van der Waals surface area contributed by atoms with Crippen LogP contribution in [0.5, 0.6) is 5.75 Å². The number of benzene rings is 1. The number of amides is 1. The maximum atomic E-state index is 12.9. The van der Waals surface area contributed by atoms with Crippen molar-refractivity contribution < 1.29 is 9.53 Å². The lowest BCUT2D eigenvalue weighted by Crippen LogP contribution is -2.41. The minimum absolute atomic E-state index is 0.0971. The molecule has 0 radical (unpaired) electrons. The fourth-order valence-electron chi connectivity index (χ4n) is 3.21. The Balaban J connectivity index is 1.85. The van der Waals surface area contributed by atoms with Gasteiger partial charge < -0.3 is 19.9 Å². The number of likely N-dealkylation sites (N-methyl/N-ethyl adjacent to an activating group) is 1. The molecule has 5 nitrogen and oxygen atoms in total. The van der Waals surface area contributed by atoms with E-state index in [4.69, 9.17) is 4.74 Å². The normalized spacial score (nSPS) is 20.9. The van der Waals surface area contributed by atoms with Crippen molar-refractivity contribution in [2.24, 2.45) is 0 Å². The molecule has 1 fully saturated rings. The van der Waals surface area contributed by atoms with Gasteiger partial charge in [0.1, 0.15) is 6.61 Å². The maximum absolute atomic E-state index is 12.9. The predicted octanol–water partition coefficient (Wildman–Crippen LogP) is 1.66. The monoisotopic (exact) mass is 289 g/mol. The van der Waals surface area contributed by atoms with E-state index < -0.39 is 0 Å². The number of carbonyl (C=O) groups is 1. The third-order valence-electron chi connectivity index (χ3n) is 4.12. The van der Waals surface area contributed by atoms with Crippen molar-refractivity contribution in [1.29, 1.82) is 0 Å². The van der Waals surface area contributed by atoms with Crippen LogP contribution < -0.4 is 10.1 Å². The summed E-state index contributed by atoms with van der Waals surface area (Å²) in [6, 6.07) is 6.07. The summed E-state index contributed by atoms with van der Waals surface area (Å²) in [6.07, 6.45) is 2.16. The molecule has 0 bridgehead atoms. The van der Waals surface area contributed by atoms with Gasteiger partial charge in [0.05, 0.1) is 11.3 Å². The third-order valence-corrected chi connectivity index (χ3v) is 4.12. The fourth-order valence-corrected chi connectivity index (χ4v) is 3.21. The summed E-state index contributed by atoms with van der Waals surface area (Å²) >= 11 is 0. The van der Waals surface area contributed by atoms with Gasteiger partial charge in [0.25, 0.3) is 5.91 Å². The first kappa shape index (κ1) is 14.2. The molecule has 2 heterocycles. The average molecular weight is 289 g/mol. The molecule has 0 saturated carbocycles. The first-order chi connectivity index (χ1) is 10.2. The Hall–Kier alpha value is -1.75. The highest BCUT2D eigenvalue weighted by Crippen LogP contribution is 2.33. The van der Waals surface area contributed by atoms with Crippen molar-refractivity contribution in [3.8, 4) is 5.75 Å². The van der Waals surface area contributed by atoms with Crippen molar-refractivity contribution >= 4 is 11.6 Å². The molecule has 1 unspecified atom stereocenters. The zero-order valence-corrected chi connectivity index (χ0v) is 12.8. The minimum Gasteiger partial charge on any atom is -0.489 e. The smallest absolute Gasteiger partial charge is 0.257 e. The van der Waals surface area contributed by atoms with E-state index in [1.54, 1.807) is 0 Å². The molecule has 2 aliphatic heterocycles. The number of ether oxygens (including phenoxy) is 1. The molecular weight excluding hydrogens is 266 g/mol. The summed E-state index contributed by atoms with van der Waals surface area (Å²) in [7, 11) is 4.11. The van der Waals surface area contributed by atoms with E-state index in [9.17, 15) is 4.79 Å². The number of fused-ring (bicyclic) bond motifs is 1. The number of rotatable bonds is 3. The number of nitrogens with zero attached hydrogens (tertiary/aromatic N) is 2. The Morgan fingerprint density at radius 2 is 2.33 bits per heavy atom. The van der Waals surface area contributed by atoms with Crippen molar-refractivity contribution in [3.63, 3.8) is 0 Å². The Morgan fingerprint density at radius 1 is 1.48 bits per heavy atom. The van der Waals surface area contributed by atoms with E-state index in [1.165, 1.54) is 0 Å². The van der Waals surface area contributed by atoms with E-state index in [0.29, 0.717) is 24.0 Å². The molecule has 5 heteroatoms. The van der Waals surface area contributed by atoms with E-state index in [-0.39, 0.29) is 5.91 Å². The topological polar surface area (TPSA) is 44.8 Å². The van der Waals surface area contributed by atoms with Crippen molar-refractivity contribution in [3.05, 3.63) is 23.8 Å². The van der Waals surface area contributed by atoms with Crippen LogP contribution in [0, 0.1) is 0 Å². The molecular formula is C16H23N3O2. The largest absolute Gasteiger partial charge is 0.489 e. The molecule has 1 saturated heterocycles. The molecule has 1 aromatic rings. The predicted molar refractivity (Wildman–Crippen MR) is 83.0 cm³/mol. The van der Waals surface area contributed by atoms with Gasteiger partial charge in [-0.15, -0.1) is 0 Å². The third kappa shape index (κ3) is 2.83. The molecule has 0 aromatic heterocycles. The number of hydrogen-bond donors (Lipinski definition) is 1. The molecule has 21 heavy (non-hydrogen) atoms. The molecule has 0 aliphatic carbocycles. The number of para-hydroxylation sites is 1. The Kier molecular flexibility index (Phi) is 4.01. The summed E-state index contributed by atoms with van der Waals surface area (Å²) in [6.45, 7) is 3.16. The molecule has 1 amide bonds. The lowest BCUT2D eigenvalue weighted by molar-refractivity contribution is 0.0712. The SMILES string of the molecule is CN(C)CC1CCCN1C(=O)c1cccc2c1OCCN2. The van der Waals surface area contributed by atoms with Gasteiger partial charge in [-0.05, 0) is 39.1 Å². The second kappa shape index (κ2) is 5.93. The Bertz CT molecular complexity index is 530. The minimum atomic E-state index is 0.0971. The van der Waals surface area contributed by atoms with E-state index >= 15 is 0 Å². The van der Waals surface area contributed by atoms with Crippen molar-refractivity contribution in [1.82, 2.24) is 9.80 Å². The van der Waals surface area contributed by atoms with Crippen LogP contribution in [0.15, 0.2) is 18.2 Å². The van der Waals surface area contributed by atoms with Gasteiger partial charge >= 0.3 is 0 Å². The number of likely N-dealkylation sites (tertiary alicyclic amines) is 1. The summed E-state index contributed by atoms with van der Waals surface area (Å²) in [5.74, 6) is 0.809. The Labute approximate surface area is 125 Å². The van der Waals surface area contributed by atoms with Crippen LogP contribution in [0.3, 0.4) is 0 Å².